The molecular formula is C18H25N3O4. The molecule has 1 aromatic carbocycles. The van der Waals surface area contributed by atoms with Crippen LogP contribution >= 0.6 is 0 Å². The van der Waals surface area contributed by atoms with E-state index in [-0.39, 0.29) is 24.6 Å². The van der Waals surface area contributed by atoms with Crippen LogP contribution in [0.1, 0.15) is 39.7 Å². The second-order valence-corrected chi connectivity index (χ2v) is 7.41. The largest absolute Gasteiger partial charge is 0.444 e. The van der Waals surface area contributed by atoms with E-state index < -0.39 is 5.60 Å². The normalized spacial score (nSPS) is 16.4. The number of aromatic nitrogens is 2. The topological polar surface area (TPSA) is 76.7 Å². The SMILES string of the molecule is CC(C)(C)OC(=O)N1CCC(n2c(=O)n(CO)c3ccccc32)CC1. The van der Waals surface area contributed by atoms with Crippen LogP contribution in [0.2, 0.25) is 0 Å². The number of imidazole rings is 1. The summed E-state index contributed by atoms with van der Waals surface area (Å²) >= 11 is 0. The van der Waals surface area contributed by atoms with Crippen molar-refractivity contribution in [2.75, 3.05) is 13.1 Å². The van der Waals surface area contributed by atoms with Gasteiger partial charge >= 0.3 is 11.8 Å². The van der Waals surface area contributed by atoms with Crippen molar-refractivity contribution in [1.82, 2.24) is 14.0 Å². The predicted octanol–water partition coefficient (Wildman–Crippen LogP) is 2.32. The lowest BCUT2D eigenvalue weighted by Crippen LogP contribution is -2.43. The van der Waals surface area contributed by atoms with Crippen LogP contribution in [-0.2, 0) is 11.5 Å². The van der Waals surface area contributed by atoms with Crippen LogP contribution in [0.4, 0.5) is 4.79 Å². The van der Waals surface area contributed by atoms with Gasteiger partial charge in [0.2, 0.25) is 0 Å². The summed E-state index contributed by atoms with van der Waals surface area (Å²) in [4.78, 5) is 26.6. The molecule has 0 aliphatic carbocycles. The van der Waals surface area contributed by atoms with Crippen molar-refractivity contribution in [3.8, 4) is 0 Å². The Bertz CT molecular complexity index is 823. The number of aliphatic hydroxyl groups is 1. The summed E-state index contributed by atoms with van der Waals surface area (Å²) in [5.41, 5.74) is 0.820. The number of hydrogen-bond donors (Lipinski definition) is 1. The number of carbonyl (C=O) groups excluding carboxylic acids is 1. The number of ether oxygens (including phenoxy) is 1. The maximum Gasteiger partial charge on any atom is 0.410 e. The molecule has 2 aromatic rings. The molecule has 0 atom stereocenters. The number of rotatable bonds is 2. The first kappa shape index (κ1) is 17.5. The number of carbonyl (C=O) groups is 1. The highest BCUT2D eigenvalue weighted by Crippen LogP contribution is 2.26. The van der Waals surface area contributed by atoms with Crippen LogP contribution in [0.3, 0.4) is 0 Å². The van der Waals surface area contributed by atoms with Gasteiger partial charge in [-0.3, -0.25) is 9.13 Å². The van der Waals surface area contributed by atoms with Gasteiger partial charge in [-0.1, -0.05) is 12.1 Å². The van der Waals surface area contributed by atoms with Crippen molar-refractivity contribution in [1.29, 1.82) is 0 Å². The molecule has 1 saturated heterocycles. The smallest absolute Gasteiger partial charge is 0.410 e. The molecule has 136 valence electrons. The monoisotopic (exact) mass is 347 g/mol. The molecule has 3 rings (SSSR count). The van der Waals surface area contributed by atoms with Crippen molar-refractivity contribution in [3.05, 3.63) is 34.7 Å². The Labute approximate surface area is 146 Å². The third kappa shape index (κ3) is 3.42. The summed E-state index contributed by atoms with van der Waals surface area (Å²) in [5, 5.41) is 9.53. The number of benzene rings is 1. The fourth-order valence-electron chi connectivity index (χ4n) is 3.35. The van der Waals surface area contributed by atoms with E-state index in [1.807, 2.05) is 45.0 Å². The Morgan fingerprint density at radius 2 is 1.80 bits per heavy atom. The van der Waals surface area contributed by atoms with E-state index in [0.717, 1.165) is 11.0 Å². The zero-order chi connectivity index (χ0) is 18.2. The Kier molecular flexibility index (Phi) is 4.60. The van der Waals surface area contributed by atoms with Gasteiger partial charge in [-0.15, -0.1) is 0 Å². The fourth-order valence-corrected chi connectivity index (χ4v) is 3.35. The number of aliphatic hydroxyl groups excluding tert-OH is 1. The lowest BCUT2D eigenvalue weighted by atomic mass is 10.0. The van der Waals surface area contributed by atoms with Crippen LogP contribution in [-0.4, -0.2) is 43.9 Å². The van der Waals surface area contributed by atoms with E-state index in [0.29, 0.717) is 25.9 Å². The fraction of sp³-hybridized carbons (Fsp3) is 0.556. The minimum absolute atomic E-state index is 0.00360. The zero-order valence-corrected chi connectivity index (χ0v) is 14.9. The molecule has 0 bridgehead atoms. The van der Waals surface area contributed by atoms with Crippen molar-refractivity contribution >= 4 is 17.1 Å². The zero-order valence-electron chi connectivity index (χ0n) is 14.9. The summed E-state index contributed by atoms with van der Waals surface area (Å²) in [6.07, 6.45) is 1.05. The molecule has 0 unspecified atom stereocenters. The first-order valence-corrected chi connectivity index (χ1v) is 8.60. The molecule has 1 fully saturated rings. The minimum Gasteiger partial charge on any atom is -0.444 e. The van der Waals surface area contributed by atoms with Gasteiger partial charge in [0, 0.05) is 19.1 Å². The maximum absolute atomic E-state index is 12.7. The van der Waals surface area contributed by atoms with E-state index in [4.69, 9.17) is 4.74 Å². The highest BCUT2D eigenvalue weighted by Gasteiger charge is 2.29. The van der Waals surface area contributed by atoms with Gasteiger partial charge in [-0.2, -0.15) is 0 Å². The van der Waals surface area contributed by atoms with E-state index in [1.165, 1.54) is 4.57 Å². The molecule has 0 radical (unpaired) electrons. The second-order valence-electron chi connectivity index (χ2n) is 7.41. The van der Waals surface area contributed by atoms with Crippen molar-refractivity contribution < 1.29 is 14.6 Å². The van der Waals surface area contributed by atoms with E-state index in [1.54, 1.807) is 9.47 Å². The van der Waals surface area contributed by atoms with Gasteiger partial charge in [0.25, 0.3) is 0 Å². The molecule has 1 aromatic heterocycles. The number of para-hydroxylation sites is 2. The summed E-state index contributed by atoms with van der Waals surface area (Å²) in [5.74, 6) is 0. The van der Waals surface area contributed by atoms with Crippen LogP contribution in [0.5, 0.6) is 0 Å². The Hall–Kier alpha value is -2.28. The first-order valence-electron chi connectivity index (χ1n) is 8.60. The summed E-state index contributed by atoms with van der Waals surface area (Å²) in [6, 6.07) is 7.46. The van der Waals surface area contributed by atoms with Gasteiger partial charge in [-0.25, -0.2) is 9.59 Å². The van der Waals surface area contributed by atoms with Crippen molar-refractivity contribution in [3.63, 3.8) is 0 Å². The van der Waals surface area contributed by atoms with Gasteiger partial charge in [0.05, 0.1) is 11.0 Å². The van der Waals surface area contributed by atoms with Crippen LogP contribution < -0.4 is 5.69 Å². The molecule has 7 nitrogen and oxygen atoms in total. The third-order valence-electron chi connectivity index (χ3n) is 4.49. The maximum atomic E-state index is 12.7. The molecule has 25 heavy (non-hydrogen) atoms. The molecular weight excluding hydrogens is 322 g/mol. The average molecular weight is 347 g/mol. The molecule has 1 N–H and O–H groups in total. The predicted molar refractivity (Wildman–Crippen MR) is 94.5 cm³/mol. The third-order valence-corrected chi connectivity index (χ3v) is 4.49. The van der Waals surface area contributed by atoms with Gasteiger partial charge in [0.15, 0.2) is 0 Å². The number of amides is 1. The molecule has 0 saturated carbocycles. The molecule has 1 amide bonds. The van der Waals surface area contributed by atoms with Crippen molar-refractivity contribution in [2.45, 2.75) is 52.0 Å². The van der Waals surface area contributed by atoms with E-state index >= 15 is 0 Å². The van der Waals surface area contributed by atoms with Crippen molar-refractivity contribution in [2.24, 2.45) is 0 Å². The molecule has 7 heteroatoms. The Morgan fingerprint density at radius 3 is 2.36 bits per heavy atom. The number of hydrogen-bond acceptors (Lipinski definition) is 4. The Morgan fingerprint density at radius 1 is 1.20 bits per heavy atom. The van der Waals surface area contributed by atoms with Crippen LogP contribution in [0.15, 0.2) is 29.1 Å². The van der Waals surface area contributed by atoms with Crippen LogP contribution in [0.25, 0.3) is 11.0 Å². The second kappa shape index (κ2) is 6.55. The summed E-state index contributed by atoms with van der Waals surface area (Å²) in [6.45, 7) is 6.29. The summed E-state index contributed by atoms with van der Waals surface area (Å²) < 4.78 is 8.53. The van der Waals surface area contributed by atoms with Gasteiger partial charge < -0.3 is 14.7 Å². The lowest BCUT2D eigenvalue weighted by molar-refractivity contribution is 0.0188. The number of nitrogens with zero attached hydrogens (tertiary/aromatic N) is 3. The van der Waals surface area contributed by atoms with Crippen LogP contribution in [0, 0.1) is 0 Å². The van der Waals surface area contributed by atoms with Gasteiger partial charge in [-0.05, 0) is 45.7 Å². The standard InChI is InChI=1S/C18H25N3O4/c1-18(2,3)25-17(24)19-10-8-13(9-11-19)21-15-7-5-4-6-14(15)20(12-22)16(21)23/h4-7,13,22H,8-12H2,1-3H3. The highest BCUT2D eigenvalue weighted by molar-refractivity contribution is 5.76. The molecule has 1 aliphatic heterocycles. The Balaban J connectivity index is 1.80. The quantitative estimate of drug-likeness (QED) is 0.904. The molecule has 0 spiro atoms. The average Bonchev–Trinajstić information content (AvgIpc) is 2.84. The molecule has 2 heterocycles. The molecule has 1 aliphatic rings. The number of fused-ring (bicyclic) bond motifs is 1. The first-order chi connectivity index (χ1) is 11.8. The number of likely N-dealkylation sites (tertiary alicyclic amines) is 1. The lowest BCUT2D eigenvalue weighted by Gasteiger charge is -2.33. The van der Waals surface area contributed by atoms with E-state index in [2.05, 4.69) is 0 Å². The summed E-state index contributed by atoms with van der Waals surface area (Å²) in [7, 11) is 0. The highest BCUT2D eigenvalue weighted by atomic mass is 16.6. The minimum atomic E-state index is -0.514. The number of piperidine rings is 1. The van der Waals surface area contributed by atoms with Gasteiger partial charge in [0.1, 0.15) is 12.3 Å². The van der Waals surface area contributed by atoms with E-state index in [9.17, 15) is 14.7 Å².